The Hall–Kier alpha value is -2.99. The van der Waals surface area contributed by atoms with Gasteiger partial charge in [0.25, 0.3) is 0 Å². The van der Waals surface area contributed by atoms with E-state index < -0.39 is 17.8 Å². The van der Waals surface area contributed by atoms with E-state index >= 15 is 0 Å². The summed E-state index contributed by atoms with van der Waals surface area (Å²) in [6.45, 7) is 4.78. The van der Waals surface area contributed by atoms with Gasteiger partial charge in [0.1, 0.15) is 18.2 Å². The lowest BCUT2D eigenvalue weighted by atomic mass is 9.79. The minimum Gasteiger partial charge on any atom is -0.358 e. The molecule has 4 N–H and O–H groups in total. The van der Waals surface area contributed by atoms with E-state index in [4.69, 9.17) is 5.73 Å². The number of halogens is 3. The fraction of sp³-hybridized carbons (Fsp3) is 0.643. The molecule has 5 rings (SSSR count). The number of nitrogens with zero attached hydrogens (tertiary/aromatic N) is 4. The molecular weight excluding hydrogens is 523 g/mol. The first-order valence-electron chi connectivity index (χ1n) is 14.1. The van der Waals surface area contributed by atoms with Crippen LogP contribution in [-0.2, 0) is 15.8 Å². The van der Waals surface area contributed by atoms with Gasteiger partial charge in [-0.15, -0.1) is 0 Å². The van der Waals surface area contributed by atoms with Gasteiger partial charge < -0.3 is 26.2 Å². The topological polar surface area (TPSA) is 116 Å². The Labute approximate surface area is 232 Å². The van der Waals surface area contributed by atoms with Crippen LogP contribution in [-0.4, -0.2) is 81.4 Å². The average Bonchev–Trinajstić information content (AvgIpc) is 3.25. The molecule has 218 valence electrons. The van der Waals surface area contributed by atoms with Crippen molar-refractivity contribution in [3.63, 3.8) is 0 Å². The van der Waals surface area contributed by atoms with Gasteiger partial charge in [-0.05, 0) is 77.6 Å². The van der Waals surface area contributed by atoms with Crippen LogP contribution in [0.2, 0.25) is 0 Å². The maximum absolute atomic E-state index is 13.7. The molecule has 2 aliphatic carbocycles. The third-order valence-electron chi connectivity index (χ3n) is 8.96. The number of carbonyl (C=O) groups is 2. The summed E-state index contributed by atoms with van der Waals surface area (Å²) < 4.78 is 40.1. The minimum absolute atomic E-state index is 0.00112. The molecule has 2 heterocycles. The number of anilines is 1. The SMILES string of the molecule is CC(C)N(C)[C@@H]1CC[C@H](N2CC[C@H](Nc3ncnc4ccc(C(F)(F)F)cc34)C2=O)[C@H](NC(=O)[C@H]2C[C@H](N)C2)C1. The Morgan fingerprint density at radius 3 is 2.58 bits per heavy atom. The molecule has 1 aromatic carbocycles. The van der Waals surface area contributed by atoms with Crippen molar-refractivity contribution in [1.29, 1.82) is 0 Å². The van der Waals surface area contributed by atoms with Crippen LogP contribution in [0.25, 0.3) is 10.9 Å². The van der Waals surface area contributed by atoms with E-state index in [0.717, 1.165) is 31.4 Å². The van der Waals surface area contributed by atoms with Crippen LogP contribution in [0.1, 0.15) is 57.9 Å². The second kappa shape index (κ2) is 11.1. The Morgan fingerprint density at radius 2 is 1.90 bits per heavy atom. The molecule has 9 nitrogen and oxygen atoms in total. The third-order valence-corrected chi connectivity index (χ3v) is 8.96. The summed E-state index contributed by atoms with van der Waals surface area (Å²) in [5, 5.41) is 6.57. The second-order valence-corrected chi connectivity index (χ2v) is 11.8. The number of nitrogens with one attached hydrogen (secondary N) is 2. The van der Waals surface area contributed by atoms with Gasteiger partial charge >= 0.3 is 6.18 Å². The molecule has 4 atom stereocenters. The Balaban J connectivity index is 1.33. The van der Waals surface area contributed by atoms with Crippen LogP contribution in [0, 0.1) is 5.92 Å². The van der Waals surface area contributed by atoms with Crippen molar-refractivity contribution < 1.29 is 22.8 Å². The van der Waals surface area contributed by atoms with Gasteiger partial charge in [-0.1, -0.05) is 0 Å². The summed E-state index contributed by atoms with van der Waals surface area (Å²) in [4.78, 5) is 39.1. The number of likely N-dealkylation sites (tertiary alicyclic amines) is 1. The highest BCUT2D eigenvalue weighted by molar-refractivity contribution is 5.93. The van der Waals surface area contributed by atoms with Gasteiger partial charge in [0, 0.05) is 36.0 Å². The van der Waals surface area contributed by atoms with E-state index in [1.54, 1.807) is 0 Å². The van der Waals surface area contributed by atoms with Crippen LogP contribution in [0.15, 0.2) is 24.5 Å². The molecule has 1 aromatic heterocycles. The normalized spacial score (nSPS) is 29.2. The van der Waals surface area contributed by atoms with Crippen molar-refractivity contribution in [1.82, 2.24) is 25.1 Å². The van der Waals surface area contributed by atoms with E-state index in [0.29, 0.717) is 37.4 Å². The Morgan fingerprint density at radius 1 is 1.15 bits per heavy atom. The van der Waals surface area contributed by atoms with Crippen molar-refractivity contribution in [3.8, 4) is 0 Å². The molecule has 2 saturated carbocycles. The quantitative estimate of drug-likeness (QED) is 0.476. The highest BCUT2D eigenvalue weighted by Gasteiger charge is 2.44. The van der Waals surface area contributed by atoms with Gasteiger partial charge in [-0.2, -0.15) is 13.2 Å². The molecule has 3 aliphatic rings. The zero-order chi connectivity index (χ0) is 28.8. The molecule has 0 radical (unpaired) electrons. The molecule has 1 aliphatic heterocycles. The van der Waals surface area contributed by atoms with E-state index in [9.17, 15) is 22.8 Å². The lowest BCUT2D eigenvalue weighted by Crippen LogP contribution is -2.60. The molecule has 1 saturated heterocycles. The van der Waals surface area contributed by atoms with Gasteiger partial charge in [0.15, 0.2) is 0 Å². The highest BCUT2D eigenvalue weighted by atomic mass is 19.4. The molecule has 12 heteroatoms. The summed E-state index contributed by atoms with van der Waals surface area (Å²) in [6, 6.07) is 3.02. The number of carbonyl (C=O) groups excluding carboxylic acids is 2. The second-order valence-electron chi connectivity index (χ2n) is 11.8. The van der Waals surface area contributed by atoms with Crippen molar-refractivity contribution in [2.24, 2.45) is 11.7 Å². The number of aromatic nitrogens is 2. The largest absolute Gasteiger partial charge is 0.416 e. The molecular formula is C28H38F3N7O2. The Bertz CT molecular complexity index is 1250. The first-order chi connectivity index (χ1) is 18.9. The van der Waals surface area contributed by atoms with Gasteiger partial charge in [-0.25, -0.2) is 9.97 Å². The number of nitrogens with two attached hydrogens (primary N) is 1. The van der Waals surface area contributed by atoms with Crippen molar-refractivity contribution >= 4 is 28.5 Å². The molecule has 0 spiro atoms. The van der Waals surface area contributed by atoms with Gasteiger partial charge in [-0.3, -0.25) is 9.59 Å². The van der Waals surface area contributed by atoms with Crippen LogP contribution in [0.5, 0.6) is 0 Å². The first kappa shape index (κ1) is 28.5. The molecule has 40 heavy (non-hydrogen) atoms. The van der Waals surface area contributed by atoms with E-state index in [-0.39, 0.29) is 53.1 Å². The number of hydrogen-bond acceptors (Lipinski definition) is 7. The summed E-state index contributed by atoms with van der Waals surface area (Å²) in [7, 11) is 2.09. The summed E-state index contributed by atoms with van der Waals surface area (Å²) in [5.41, 5.74) is 5.47. The van der Waals surface area contributed by atoms with Gasteiger partial charge in [0.05, 0.1) is 23.2 Å². The van der Waals surface area contributed by atoms with Crippen LogP contribution >= 0.6 is 0 Å². The van der Waals surface area contributed by atoms with Crippen LogP contribution in [0.4, 0.5) is 19.0 Å². The highest BCUT2D eigenvalue weighted by Crippen LogP contribution is 2.35. The van der Waals surface area contributed by atoms with E-state index in [2.05, 4.69) is 46.4 Å². The third kappa shape index (κ3) is 5.74. The summed E-state index contributed by atoms with van der Waals surface area (Å²) in [5.74, 6) is -0.0250. The number of benzene rings is 1. The minimum atomic E-state index is -4.51. The number of hydrogen-bond donors (Lipinski definition) is 3. The molecule has 2 aromatic rings. The number of amides is 2. The zero-order valence-electron chi connectivity index (χ0n) is 23.1. The summed E-state index contributed by atoms with van der Waals surface area (Å²) in [6.07, 6.45) is 0.995. The molecule has 0 unspecified atom stereocenters. The molecule has 3 fully saturated rings. The monoisotopic (exact) mass is 561 g/mol. The van der Waals surface area contributed by atoms with Crippen molar-refractivity contribution in [3.05, 3.63) is 30.1 Å². The fourth-order valence-electron chi connectivity index (χ4n) is 6.31. The van der Waals surface area contributed by atoms with Crippen molar-refractivity contribution in [2.45, 2.75) is 94.8 Å². The lowest BCUT2D eigenvalue weighted by Gasteiger charge is -2.45. The van der Waals surface area contributed by atoms with Crippen LogP contribution < -0.4 is 16.4 Å². The smallest absolute Gasteiger partial charge is 0.358 e. The summed E-state index contributed by atoms with van der Waals surface area (Å²) >= 11 is 0. The first-order valence-corrected chi connectivity index (χ1v) is 14.1. The van der Waals surface area contributed by atoms with E-state index in [1.165, 1.54) is 12.4 Å². The average molecular weight is 562 g/mol. The van der Waals surface area contributed by atoms with Crippen molar-refractivity contribution in [2.75, 3.05) is 18.9 Å². The number of rotatable bonds is 7. The number of alkyl halides is 3. The van der Waals surface area contributed by atoms with Crippen LogP contribution in [0.3, 0.4) is 0 Å². The predicted molar refractivity (Wildman–Crippen MR) is 145 cm³/mol. The molecule has 0 bridgehead atoms. The number of fused-ring (bicyclic) bond motifs is 1. The maximum atomic E-state index is 13.7. The van der Waals surface area contributed by atoms with Gasteiger partial charge in [0.2, 0.25) is 11.8 Å². The Kier molecular flexibility index (Phi) is 7.93. The molecule has 2 amide bonds. The zero-order valence-corrected chi connectivity index (χ0v) is 23.1. The predicted octanol–water partition coefficient (Wildman–Crippen LogP) is 3.14. The maximum Gasteiger partial charge on any atom is 0.416 e. The fourth-order valence-corrected chi connectivity index (χ4v) is 6.31. The standard InChI is InChI=1S/C28H38F3N7O2/c1-15(2)37(3)19-5-7-24(23(13-19)36-26(39)16-10-18(32)11-16)38-9-8-22(27(38)40)35-25-20-12-17(28(29,30)31)4-6-21(20)33-14-34-25/h4,6,12,14-16,18-19,22-24H,5,7-11,13,32H2,1-3H3,(H,36,39)(H,33,34,35)/t16-,18-,19-,22+,23-,24+/m1/s1. The van der Waals surface area contributed by atoms with E-state index in [1.807, 2.05) is 4.90 Å². The lowest BCUT2D eigenvalue weighted by molar-refractivity contribution is -0.137.